The summed E-state index contributed by atoms with van der Waals surface area (Å²) in [4.78, 5) is 18.9. The SMILES string of the molecule is CNCC1CCN(C(=O)CSCc2cn3cc(C)ccc3n2)C1. The summed E-state index contributed by atoms with van der Waals surface area (Å²) in [7, 11) is 1.97. The number of likely N-dealkylation sites (tertiary alicyclic amines) is 1. The predicted molar refractivity (Wildman–Crippen MR) is 94.7 cm³/mol. The summed E-state index contributed by atoms with van der Waals surface area (Å²) in [5.74, 6) is 2.18. The average molecular weight is 332 g/mol. The molecule has 2 aromatic rings. The fourth-order valence-corrected chi connectivity index (χ4v) is 3.88. The summed E-state index contributed by atoms with van der Waals surface area (Å²) in [6.07, 6.45) is 5.25. The first kappa shape index (κ1) is 16.3. The van der Waals surface area contributed by atoms with E-state index in [1.54, 1.807) is 11.8 Å². The Kier molecular flexibility index (Phi) is 5.23. The Morgan fingerprint density at radius 3 is 3.13 bits per heavy atom. The number of carbonyl (C=O) groups excluding carboxylic acids is 1. The van der Waals surface area contributed by atoms with Gasteiger partial charge in [-0.05, 0) is 44.5 Å². The van der Waals surface area contributed by atoms with Gasteiger partial charge >= 0.3 is 0 Å². The van der Waals surface area contributed by atoms with Gasteiger partial charge < -0.3 is 14.6 Å². The Labute approximate surface area is 141 Å². The lowest BCUT2D eigenvalue weighted by atomic mass is 10.1. The highest BCUT2D eigenvalue weighted by Gasteiger charge is 2.25. The van der Waals surface area contributed by atoms with Gasteiger partial charge in [0.1, 0.15) is 5.65 Å². The number of carbonyl (C=O) groups is 1. The van der Waals surface area contributed by atoms with Gasteiger partial charge in [-0.3, -0.25) is 4.79 Å². The number of aryl methyl sites for hydroxylation is 1. The normalized spacial score (nSPS) is 18.0. The lowest BCUT2D eigenvalue weighted by Gasteiger charge is -2.16. The van der Waals surface area contributed by atoms with Gasteiger partial charge in [0.05, 0.1) is 11.4 Å². The minimum atomic E-state index is 0.258. The van der Waals surface area contributed by atoms with Gasteiger partial charge in [-0.15, -0.1) is 11.8 Å². The van der Waals surface area contributed by atoms with E-state index in [1.807, 2.05) is 18.0 Å². The van der Waals surface area contributed by atoms with Crippen LogP contribution in [-0.4, -0.2) is 52.6 Å². The summed E-state index contributed by atoms with van der Waals surface area (Å²) in [5.41, 5.74) is 3.21. The van der Waals surface area contributed by atoms with E-state index in [0.29, 0.717) is 11.7 Å². The molecule has 0 spiro atoms. The van der Waals surface area contributed by atoms with Crippen molar-refractivity contribution in [3.8, 4) is 0 Å². The van der Waals surface area contributed by atoms with Crippen LogP contribution in [0.25, 0.3) is 5.65 Å². The van der Waals surface area contributed by atoms with E-state index in [1.165, 1.54) is 5.56 Å². The van der Waals surface area contributed by atoms with Gasteiger partial charge in [-0.2, -0.15) is 0 Å². The molecule has 0 aliphatic carbocycles. The van der Waals surface area contributed by atoms with Gasteiger partial charge in [-0.1, -0.05) is 6.07 Å². The molecule has 0 radical (unpaired) electrons. The molecule has 1 saturated heterocycles. The Hall–Kier alpha value is -1.53. The van der Waals surface area contributed by atoms with Crippen molar-refractivity contribution in [3.63, 3.8) is 0 Å². The first-order valence-electron chi connectivity index (χ1n) is 8.10. The van der Waals surface area contributed by atoms with Crippen LogP contribution in [0.4, 0.5) is 0 Å². The highest BCUT2D eigenvalue weighted by molar-refractivity contribution is 7.99. The molecular formula is C17H24N4OS. The summed E-state index contributed by atoms with van der Waals surface area (Å²) in [6, 6.07) is 4.10. The van der Waals surface area contributed by atoms with Crippen LogP contribution >= 0.6 is 11.8 Å². The van der Waals surface area contributed by atoms with E-state index in [2.05, 4.69) is 40.1 Å². The number of rotatable bonds is 6. The predicted octanol–water partition coefficient (Wildman–Crippen LogP) is 1.94. The number of imidazole rings is 1. The third kappa shape index (κ3) is 4.06. The maximum Gasteiger partial charge on any atom is 0.232 e. The Bertz CT molecular complexity index is 684. The molecule has 0 saturated carbocycles. The second-order valence-electron chi connectivity index (χ2n) is 6.25. The van der Waals surface area contributed by atoms with Crippen molar-refractivity contribution in [2.24, 2.45) is 5.92 Å². The number of hydrogen-bond donors (Lipinski definition) is 1. The molecule has 3 rings (SSSR count). The third-order valence-electron chi connectivity index (χ3n) is 4.26. The number of nitrogens with one attached hydrogen (secondary N) is 1. The van der Waals surface area contributed by atoms with Crippen LogP contribution in [0.2, 0.25) is 0 Å². The van der Waals surface area contributed by atoms with Crippen LogP contribution < -0.4 is 5.32 Å². The third-order valence-corrected chi connectivity index (χ3v) is 5.21. The maximum absolute atomic E-state index is 12.3. The van der Waals surface area contributed by atoms with E-state index in [0.717, 1.165) is 43.1 Å². The molecule has 6 heteroatoms. The monoisotopic (exact) mass is 332 g/mol. The fourth-order valence-electron chi connectivity index (χ4n) is 3.07. The molecule has 3 heterocycles. The number of pyridine rings is 1. The molecule has 0 bridgehead atoms. The van der Waals surface area contributed by atoms with Crippen molar-refractivity contribution in [3.05, 3.63) is 35.8 Å². The standard InChI is InChI=1S/C17H24N4OS/c1-13-3-4-16-19-15(10-21(16)8-13)11-23-12-17(22)20-6-5-14(9-20)7-18-2/h3-4,8,10,14,18H,5-7,9,11-12H2,1-2H3. The summed E-state index contributed by atoms with van der Waals surface area (Å²) in [6.45, 7) is 4.87. The molecule has 2 aromatic heterocycles. The molecule has 5 nitrogen and oxygen atoms in total. The zero-order valence-electron chi connectivity index (χ0n) is 13.8. The number of nitrogens with zero attached hydrogens (tertiary/aromatic N) is 3. The van der Waals surface area contributed by atoms with Crippen LogP contribution in [0.5, 0.6) is 0 Å². The van der Waals surface area contributed by atoms with Crippen molar-refractivity contribution in [1.29, 1.82) is 0 Å². The van der Waals surface area contributed by atoms with Crippen LogP contribution in [0, 0.1) is 12.8 Å². The molecule has 1 unspecified atom stereocenters. The van der Waals surface area contributed by atoms with Gasteiger partial charge in [0.25, 0.3) is 0 Å². The number of thioether (sulfide) groups is 1. The first-order chi connectivity index (χ1) is 11.2. The quantitative estimate of drug-likeness (QED) is 0.878. The van der Waals surface area contributed by atoms with Gasteiger partial charge in [0.2, 0.25) is 5.91 Å². The van der Waals surface area contributed by atoms with Gasteiger partial charge in [0.15, 0.2) is 0 Å². The topological polar surface area (TPSA) is 49.6 Å². The number of amides is 1. The van der Waals surface area contributed by atoms with Crippen LogP contribution in [0.3, 0.4) is 0 Å². The fraction of sp³-hybridized carbons (Fsp3) is 0.529. The number of hydrogen-bond acceptors (Lipinski definition) is 4. The lowest BCUT2D eigenvalue weighted by Crippen LogP contribution is -2.31. The summed E-state index contributed by atoms with van der Waals surface area (Å²) < 4.78 is 2.05. The molecular weight excluding hydrogens is 308 g/mol. The molecule has 1 aliphatic rings. The Morgan fingerprint density at radius 1 is 1.43 bits per heavy atom. The molecule has 1 fully saturated rings. The van der Waals surface area contributed by atoms with Crippen LogP contribution in [0.15, 0.2) is 24.5 Å². The highest BCUT2D eigenvalue weighted by Crippen LogP contribution is 2.18. The van der Waals surface area contributed by atoms with E-state index >= 15 is 0 Å². The largest absolute Gasteiger partial charge is 0.342 e. The van der Waals surface area contributed by atoms with E-state index < -0.39 is 0 Å². The summed E-state index contributed by atoms with van der Waals surface area (Å²) in [5, 5.41) is 3.20. The van der Waals surface area contributed by atoms with Crippen molar-refractivity contribution < 1.29 is 4.79 Å². The first-order valence-corrected chi connectivity index (χ1v) is 9.25. The molecule has 1 aliphatic heterocycles. The second kappa shape index (κ2) is 7.36. The maximum atomic E-state index is 12.3. The minimum Gasteiger partial charge on any atom is -0.342 e. The van der Waals surface area contributed by atoms with Crippen LogP contribution in [0.1, 0.15) is 17.7 Å². The smallest absolute Gasteiger partial charge is 0.232 e. The van der Waals surface area contributed by atoms with Crippen molar-refractivity contribution in [1.82, 2.24) is 19.6 Å². The average Bonchev–Trinajstić information content (AvgIpc) is 3.13. The number of aromatic nitrogens is 2. The molecule has 0 aromatic carbocycles. The molecule has 1 amide bonds. The zero-order valence-corrected chi connectivity index (χ0v) is 14.6. The van der Waals surface area contributed by atoms with Crippen molar-refractivity contribution in [2.75, 3.05) is 32.4 Å². The van der Waals surface area contributed by atoms with E-state index in [4.69, 9.17) is 0 Å². The van der Waals surface area contributed by atoms with Crippen molar-refractivity contribution in [2.45, 2.75) is 19.1 Å². The summed E-state index contributed by atoms with van der Waals surface area (Å²) >= 11 is 1.65. The molecule has 124 valence electrons. The van der Waals surface area contributed by atoms with Gasteiger partial charge in [-0.25, -0.2) is 4.98 Å². The Morgan fingerprint density at radius 2 is 2.30 bits per heavy atom. The molecule has 23 heavy (non-hydrogen) atoms. The van der Waals surface area contributed by atoms with Crippen LogP contribution in [-0.2, 0) is 10.5 Å². The van der Waals surface area contributed by atoms with E-state index in [-0.39, 0.29) is 5.91 Å². The molecule has 1 atom stereocenters. The number of fused-ring (bicyclic) bond motifs is 1. The Balaban J connectivity index is 1.47. The van der Waals surface area contributed by atoms with Crippen molar-refractivity contribution >= 4 is 23.3 Å². The van der Waals surface area contributed by atoms with Gasteiger partial charge in [0, 0.05) is 31.2 Å². The van der Waals surface area contributed by atoms with E-state index in [9.17, 15) is 4.79 Å². The second-order valence-corrected chi connectivity index (χ2v) is 7.23. The highest BCUT2D eigenvalue weighted by atomic mass is 32.2. The molecule has 1 N–H and O–H groups in total. The minimum absolute atomic E-state index is 0.258. The zero-order chi connectivity index (χ0) is 16.2. The lowest BCUT2D eigenvalue weighted by molar-refractivity contribution is -0.127.